The molecule has 0 radical (unpaired) electrons. The number of amidine groups is 1. The smallest absolute Gasteiger partial charge is 0.180 e. The summed E-state index contributed by atoms with van der Waals surface area (Å²) in [6.07, 6.45) is -0.491. The molecule has 0 aliphatic carbocycles. The molecule has 100 valence electrons. The summed E-state index contributed by atoms with van der Waals surface area (Å²) in [7, 11) is 0. The van der Waals surface area contributed by atoms with Gasteiger partial charge >= 0.3 is 0 Å². The number of hydrogen-bond acceptors (Lipinski definition) is 3. The molecule has 0 fully saturated rings. The first-order chi connectivity index (χ1) is 8.36. The summed E-state index contributed by atoms with van der Waals surface area (Å²) in [4.78, 5) is 0. The van der Waals surface area contributed by atoms with Gasteiger partial charge in [0.1, 0.15) is 5.75 Å². The Morgan fingerprint density at radius 3 is 2.50 bits per heavy atom. The number of aryl methyl sites for hydroxylation is 1. The van der Waals surface area contributed by atoms with Crippen LogP contribution < -0.4 is 10.5 Å². The predicted octanol–water partition coefficient (Wildman–Crippen LogP) is 3.29. The maximum atomic E-state index is 8.60. The summed E-state index contributed by atoms with van der Waals surface area (Å²) in [5.41, 5.74) is 7.43. The summed E-state index contributed by atoms with van der Waals surface area (Å²) in [6, 6.07) is 3.77. The number of rotatable bonds is 4. The number of halogens is 1. The molecule has 0 aliphatic rings. The summed E-state index contributed by atoms with van der Waals surface area (Å²) in [6.45, 7) is 7.75. The van der Waals surface area contributed by atoms with E-state index in [0.717, 1.165) is 16.1 Å². The van der Waals surface area contributed by atoms with Crippen LogP contribution in [0.25, 0.3) is 0 Å². The third-order valence-corrected chi connectivity index (χ3v) is 3.08. The molecule has 0 saturated heterocycles. The van der Waals surface area contributed by atoms with Crippen LogP contribution in [0.1, 0.15) is 37.8 Å². The monoisotopic (exact) mass is 270 g/mol. The molecule has 3 N–H and O–H groups in total. The van der Waals surface area contributed by atoms with Gasteiger partial charge in [-0.15, -0.1) is 0 Å². The van der Waals surface area contributed by atoms with Gasteiger partial charge < -0.3 is 15.7 Å². The highest BCUT2D eigenvalue weighted by molar-refractivity contribution is 6.31. The van der Waals surface area contributed by atoms with Crippen LogP contribution in [0.15, 0.2) is 17.3 Å². The van der Waals surface area contributed by atoms with Gasteiger partial charge in [0.25, 0.3) is 0 Å². The van der Waals surface area contributed by atoms with E-state index in [4.69, 9.17) is 27.3 Å². The fourth-order valence-corrected chi connectivity index (χ4v) is 2.01. The van der Waals surface area contributed by atoms with Gasteiger partial charge in [-0.3, -0.25) is 0 Å². The molecule has 0 aliphatic heterocycles. The van der Waals surface area contributed by atoms with E-state index in [9.17, 15) is 0 Å². The van der Waals surface area contributed by atoms with E-state index in [0.29, 0.717) is 11.7 Å². The highest BCUT2D eigenvalue weighted by atomic mass is 35.5. The third kappa shape index (κ3) is 3.29. The van der Waals surface area contributed by atoms with Gasteiger partial charge in [0.05, 0.1) is 0 Å². The molecule has 0 aromatic heterocycles. The van der Waals surface area contributed by atoms with Crippen molar-refractivity contribution in [1.29, 1.82) is 0 Å². The van der Waals surface area contributed by atoms with Crippen molar-refractivity contribution in [1.82, 2.24) is 0 Å². The van der Waals surface area contributed by atoms with Gasteiger partial charge in [0.2, 0.25) is 0 Å². The fraction of sp³-hybridized carbons (Fsp3) is 0.462. The van der Waals surface area contributed by atoms with Crippen molar-refractivity contribution in [2.45, 2.75) is 39.7 Å². The van der Waals surface area contributed by atoms with Crippen molar-refractivity contribution >= 4 is 17.4 Å². The van der Waals surface area contributed by atoms with Crippen LogP contribution in [0.2, 0.25) is 5.02 Å². The maximum absolute atomic E-state index is 8.60. The van der Waals surface area contributed by atoms with Gasteiger partial charge in [-0.1, -0.05) is 30.6 Å². The zero-order valence-corrected chi connectivity index (χ0v) is 11.8. The number of nitrogens with zero attached hydrogens (tertiary/aromatic N) is 1. The number of oxime groups is 1. The molecule has 1 unspecified atom stereocenters. The van der Waals surface area contributed by atoms with E-state index in [-0.39, 0.29) is 5.84 Å². The molecule has 4 nitrogen and oxygen atoms in total. The molecule has 0 saturated carbocycles. The number of hydrogen-bond donors (Lipinski definition) is 2. The Balaban J connectivity index is 3.06. The van der Waals surface area contributed by atoms with E-state index < -0.39 is 6.10 Å². The van der Waals surface area contributed by atoms with Gasteiger partial charge in [-0.2, -0.15) is 0 Å². The first-order valence-corrected chi connectivity index (χ1v) is 6.18. The highest BCUT2D eigenvalue weighted by Gasteiger charge is 2.14. The van der Waals surface area contributed by atoms with Crippen LogP contribution in [0.4, 0.5) is 0 Å². The van der Waals surface area contributed by atoms with Crippen LogP contribution in [0, 0.1) is 6.92 Å². The quantitative estimate of drug-likeness (QED) is 0.382. The van der Waals surface area contributed by atoms with Crippen molar-refractivity contribution in [2.75, 3.05) is 0 Å². The average molecular weight is 271 g/mol. The van der Waals surface area contributed by atoms with Crippen molar-refractivity contribution < 1.29 is 9.94 Å². The van der Waals surface area contributed by atoms with Crippen molar-refractivity contribution in [3.8, 4) is 5.75 Å². The molecule has 1 atom stereocenters. The predicted molar refractivity (Wildman–Crippen MR) is 73.8 cm³/mol. The third-order valence-electron chi connectivity index (χ3n) is 2.75. The number of benzene rings is 1. The van der Waals surface area contributed by atoms with Crippen molar-refractivity contribution in [2.24, 2.45) is 10.9 Å². The summed E-state index contributed by atoms with van der Waals surface area (Å²) in [5.74, 6) is 1.04. The Labute approximate surface area is 112 Å². The zero-order chi connectivity index (χ0) is 13.9. The first kappa shape index (κ1) is 14.6. The minimum atomic E-state index is -0.491. The lowest BCUT2D eigenvalue weighted by Gasteiger charge is -2.18. The van der Waals surface area contributed by atoms with E-state index >= 15 is 0 Å². The van der Waals surface area contributed by atoms with E-state index in [2.05, 4.69) is 19.0 Å². The topological polar surface area (TPSA) is 67.8 Å². The van der Waals surface area contributed by atoms with Crippen LogP contribution in [0.5, 0.6) is 5.75 Å². The minimum absolute atomic E-state index is 0.0375. The number of ether oxygens (including phenoxy) is 1. The Hall–Kier alpha value is -1.42. The average Bonchev–Trinajstić information content (AvgIpc) is 2.30. The molecular weight excluding hydrogens is 252 g/mol. The summed E-state index contributed by atoms with van der Waals surface area (Å²) >= 11 is 6.18. The molecule has 0 heterocycles. The minimum Gasteiger partial charge on any atom is -0.482 e. The van der Waals surface area contributed by atoms with E-state index in [1.807, 2.05) is 19.1 Å². The van der Waals surface area contributed by atoms with Crippen LogP contribution in [0.3, 0.4) is 0 Å². The fourth-order valence-electron chi connectivity index (χ4n) is 1.57. The van der Waals surface area contributed by atoms with Crippen LogP contribution >= 0.6 is 11.6 Å². The highest BCUT2D eigenvalue weighted by Crippen LogP contribution is 2.31. The lowest BCUT2D eigenvalue weighted by Crippen LogP contribution is -2.31. The molecule has 5 heteroatoms. The Morgan fingerprint density at radius 1 is 1.39 bits per heavy atom. The Morgan fingerprint density at radius 2 is 2.00 bits per heavy atom. The van der Waals surface area contributed by atoms with Crippen molar-refractivity contribution in [3.05, 3.63) is 28.3 Å². The molecule has 0 bridgehead atoms. The van der Waals surface area contributed by atoms with Crippen LogP contribution in [-0.4, -0.2) is 17.1 Å². The second-order valence-electron chi connectivity index (χ2n) is 4.58. The van der Waals surface area contributed by atoms with Crippen molar-refractivity contribution in [3.63, 3.8) is 0 Å². The molecule has 1 rings (SSSR count). The molecule has 18 heavy (non-hydrogen) atoms. The Bertz CT molecular complexity index is 459. The lowest BCUT2D eigenvalue weighted by atomic mass is 10.0. The molecular formula is C13H19ClN2O2. The maximum Gasteiger partial charge on any atom is 0.180 e. The molecule has 0 amide bonds. The second-order valence-corrected chi connectivity index (χ2v) is 4.99. The molecule has 1 aromatic carbocycles. The molecule has 1 aromatic rings. The summed E-state index contributed by atoms with van der Waals surface area (Å²) < 4.78 is 5.67. The first-order valence-electron chi connectivity index (χ1n) is 5.81. The largest absolute Gasteiger partial charge is 0.482 e. The standard InChI is InChI=1S/C13H19ClN2O2/c1-7(2)10-6-12(8(3)5-11(10)14)18-9(4)13(15)16-17/h5-7,9,17H,1-4H3,(H2,15,16). The second kappa shape index (κ2) is 5.96. The zero-order valence-electron chi connectivity index (χ0n) is 11.1. The molecule has 0 spiro atoms. The Kier molecular flexibility index (Phi) is 4.84. The normalized spacial score (nSPS) is 13.8. The number of nitrogens with two attached hydrogens (primary N) is 1. The van der Waals surface area contributed by atoms with E-state index in [1.54, 1.807) is 6.92 Å². The summed E-state index contributed by atoms with van der Waals surface area (Å²) in [5, 5.41) is 12.3. The SMILES string of the molecule is Cc1cc(Cl)c(C(C)C)cc1OC(C)C(N)=NO. The van der Waals surface area contributed by atoms with Crippen LogP contribution in [-0.2, 0) is 0 Å². The van der Waals surface area contributed by atoms with E-state index in [1.165, 1.54) is 0 Å². The lowest BCUT2D eigenvalue weighted by molar-refractivity contribution is 0.264. The van der Waals surface area contributed by atoms with Gasteiger partial charge in [0.15, 0.2) is 11.9 Å². The van der Waals surface area contributed by atoms with Gasteiger partial charge in [-0.05, 0) is 43.0 Å². The van der Waals surface area contributed by atoms with Gasteiger partial charge in [0, 0.05) is 5.02 Å². The van der Waals surface area contributed by atoms with Gasteiger partial charge in [-0.25, -0.2) is 0 Å².